The van der Waals surface area contributed by atoms with Crippen LogP contribution in [0.1, 0.15) is 11.3 Å². The van der Waals surface area contributed by atoms with Crippen molar-refractivity contribution in [3.05, 3.63) is 27.9 Å². The molecule has 1 aromatic heterocycles. The Bertz CT molecular complexity index is 505. The third-order valence-corrected chi connectivity index (χ3v) is 3.22. The van der Waals surface area contributed by atoms with Crippen LogP contribution in [0.2, 0.25) is 0 Å². The lowest BCUT2D eigenvalue weighted by molar-refractivity contribution is 0.417. The van der Waals surface area contributed by atoms with E-state index in [9.17, 15) is 0 Å². The molecular formula is C11H13BrN2O. The minimum atomic E-state index is 0.513. The fourth-order valence-electron chi connectivity index (χ4n) is 1.88. The maximum Gasteiger partial charge on any atom is 0.142 e. The van der Waals surface area contributed by atoms with E-state index in [2.05, 4.69) is 20.9 Å². The lowest BCUT2D eigenvalue weighted by Crippen LogP contribution is -1.98. The number of aromatic nitrogens is 1. The number of nitrogens with one attached hydrogen (secondary N) is 1. The number of nitrogens with two attached hydrogens (primary N) is 1. The van der Waals surface area contributed by atoms with Crippen molar-refractivity contribution in [2.45, 2.75) is 13.5 Å². The Labute approximate surface area is 96.7 Å². The van der Waals surface area contributed by atoms with Crippen molar-refractivity contribution in [2.75, 3.05) is 7.11 Å². The van der Waals surface area contributed by atoms with Crippen molar-refractivity contribution in [3.63, 3.8) is 0 Å². The zero-order valence-corrected chi connectivity index (χ0v) is 10.3. The van der Waals surface area contributed by atoms with Gasteiger partial charge in [0.2, 0.25) is 0 Å². The summed E-state index contributed by atoms with van der Waals surface area (Å²) in [5.74, 6) is 0.845. The molecule has 0 atom stereocenters. The van der Waals surface area contributed by atoms with E-state index < -0.39 is 0 Å². The lowest BCUT2D eigenvalue weighted by atomic mass is 10.1. The number of benzene rings is 1. The smallest absolute Gasteiger partial charge is 0.142 e. The monoisotopic (exact) mass is 268 g/mol. The standard InChI is InChI=1S/C11H13BrN2O/c1-6-7(5-13)10-9(14-6)4-3-8(12)11(10)15-2/h3-4,14H,5,13H2,1-2H3. The lowest BCUT2D eigenvalue weighted by Gasteiger charge is -2.06. The Morgan fingerprint density at radius 1 is 1.47 bits per heavy atom. The summed E-state index contributed by atoms with van der Waals surface area (Å²) in [6.45, 7) is 2.54. The minimum Gasteiger partial charge on any atom is -0.495 e. The summed E-state index contributed by atoms with van der Waals surface area (Å²) in [6.07, 6.45) is 0. The van der Waals surface area contributed by atoms with Gasteiger partial charge in [-0.2, -0.15) is 0 Å². The first kappa shape index (κ1) is 10.5. The zero-order chi connectivity index (χ0) is 11.0. The van der Waals surface area contributed by atoms with Gasteiger partial charge in [0.25, 0.3) is 0 Å². The number of H-pyrrole nitrogens is 1. The highest BCUT2D eigenvalue weighted by molar-refractivity contribution is 9.10. The highest BCUT2D eigenvalue weighted by Crippen LogP contribution is 2.36. The predicted octanol–water partition coefficient (Wildman–Crippen LogP) is 2.71. The van der Waals surface area contributed by atoms with Crippen molar-refractivity contribution >= 4 is 26.8 Å². The molecule has 0 saturated carbocycles. The van der Waals surface area contributed by atoms with Gasteiger partial charge in [0.05, 0.1) is 11.6 Å². The summed E-state index contributed by atoms with van der Waals surface area (Å²) in [7, 11) is 1.67. The quantitative estimate of drug-likeness (QED) is 0.880. The molecule has 0 aliphatic carbocycles. The Morgan fingerprint density at radius 2 is 2.20 bits per heavy atom. The molecule has 1 aromatic carbocycles. The molecule has 0 unspecified atom stereocenters. The number of hydrogen-bond acceptors (Lipinski definition) is 2. The van der Waals surface area contributed by atoms with Gasteiger partial charge in [-0.25, -0.2) is 0 Å². The molecule has 0 bridgehead atoms. The number of hydrogen-bond donors (Lipinski definition) is 2. The molecule has 2 rings (SSSR count). The van der Waals surface area contributed by atoms with E-state index in [4.69, 9.17) is 10.5 Å². The van der Waals surface area contributed by atoms with Crippen LogP contribution in [0, 0.1) is 6.92 Å². The maximum atomic E-state index is 5.74. The Balaban J connectivity index is 2.87. The van der Waals surface area contributed by atoms with E-state index in [1.165, 1.54) is 0 Å². The van der Waals surface area contributed by atoms with Crippen LogP contribution in [0.25, 0.3) is 10.9 Å². The second kappa shape index (κ2) is 3.87. The molecule has 80 valence electrons. The van der Waals surface area contributed by atoms with Gasteiger partial charge in [-0.1, -0.05) is 0 Å². The van der Waals surface area contributed by atoms with Crippen LogP contribution in [-0.2, 0) is 6.54 Å². The van der Waals surface area contributed by atoms with E-state index in [1.807, 2.05) is 19.1 Å². The van der Waals surface area contributed by atoms with Crippen LogP contribution in [0.5, 0.6) is 5.75 Å². The van der Waals surface area contributed by atoms with Crippen molar-refractivity contribution in [1.82, 2.24) is 4.98 Å². The SMILES string of the molecule is COc1c(Br)ccc2[nH]c(C)c(CN)c12. The summed E-state index contributed by atoms with van der Waals surface area (Å²) >= 11 is 3.47. The first-order chi connectivity index (χ1) is 7.19. The number of ether oxygens (including phenoxy) is 1. The van der Waals surface area contributed by atoms with Crippen LogP contribution < -0.4 is 10.5 Å². The maximum absolute atomic E-state index is 5.74. The van der Waals surface area contributed by atoms with Gasteiger partial charge in [-0.05, 0) is 40.5 Å². The summed E-state index contributed by atoms with van der Waals surface area (Å²) in [5, 5.41) is 1.08. The number of aryl methyl sites for hydroxylation is 1. The summed E-state index contributed by atoms with van der Waals surface area (Å²) in [5.41, 5.74) is 9.02. The highest BCUT2D eigenvalue weighted by atomic mass is 79.9. The molecule has 0 fully saturated rings. The summed E-state index contributed by atoms with van der Waals surface area (Å²) in [6, 6.07) is 3.99. The van der Waals surface area contributed by atoms with Gasteiger partial charge >= 0.3 is 0 Å². The largest absolute Gasteiger partial charge is 0.495 e. The third kappa shape index (κ3) is 1.54. The van der Waals surface area contributed by atoms with Gasteiger partial charge in [0.15, 0.2) is 0 Å². The number of aromatic amines is 1. The van der Waals surface area contributed by atoms with E-state index in [0.717, 1.165) is 32.4 Å². The van der Waals surface area contributed by atoms with Crippen LogP contribution in [0.15, 0.2) is 16.6 Å². The van der Waals surface area contributed by atoms with Crippen molar-refractivity contribution in [1.29, 1.82) is 0 Å². The molecule has 0 aliphatic heterocycles. The van der Waals surface area contributed by atoms with E-state index in [-0.39, 0.29) is 0 Å². The number of methoxy groups -OCH3 is 1. The van der Waals surface area contributed by atoms with Gasteiger partial charge in [-0.3, -0.25) is 0 Å². The van der Waals surface area contributed by atoms with Crippen LogP contribution >= 0.6 is 15.9 Å². The predicted molar refractivity (Wildman–Crippen MR) is 65.2 cm³/mol. The average Bonchev–Trinajstić information content (AvgIpc) is 2.54. The molecule has 1 heterocycles. The van der Waals surface area contributed by atoms with Crippen molar-refractivity contribution < 1.29 is 4.74 Å². The summed E-state index contributed by atoms with van der Waals surface area (Å²) < 4.78 is 6.34. The average molecular weight is 269 g/mol. The molecule has 15 heavy (non-hydrogen) atoms. The normalized spacial score (nSPS) is 10.9. The van der Waals surface area contributed by atoms with Crippen molar-refractivity contribution in [2.24, 2.45) is 5.73 Å². The molecule has 0 spiro atoms. The molecule has 0 saturated heterocycles. The van der Waals surface area contributed by atoms with Crippen LogP contribution in [0.4, 0.5) is 0 Å². The van der Waals surface area contributed by atoms with Crippen LogP contribution in [-0.4, -0.2) is 12.1 Å². The van der Waals surface area contributed by atoms with E-state index in [0.29, 0.717) is 6.54 Å². The molecule has 0 radical (unpaired) electrons. The van der Waals surface area contributed by atoms with Gasteiger partial charge < -0.3 is 15.5 Å². The fourth-order valence-corrected chi connectivity index (χ4v) is 2.37. The van der Waals surface area contributed by atoms with E-state index in [1.54, 1.807) is 7.11 Å². The molecule has 3 nitrogen and oxygen atoms in total. The Morgan fingerprint density at radius 3 is 2.80 bits per heavy atom. The Kier molecular flexibility index (Phi) is 2.71. The second-order valence-corrected chi connectivity index (χ2v) is 4.29. The molecular weight excluding hydrogens is 256 g/mol. The zero-order valence-electron chi connectivity index (χ0n) is 8.73. The van der Waals surface area contributed by atoms with Crippen LogP contribution in [0.3, 0.4) is 0 Å². The van der Waals surface area contributed by atoms with Gasteiger partial charge in [0.1, 0.15) is 5.75 Å². The molecule has 0 aliphatic rings. The fraction of sp³-hybridized carbons (Fsp3) is 0.273. The third-order valence-electron chi connectivity index (χ3n) is 2.59. The molecule has 3 N–H and O–H groups in total. The number of rotatable bonds is 2. The number of fused-ring (bicyclic) bond motifs is 1. The number of halogens is 1. The molecule has 0 amide bonds. The Hall–Kier alpha value is -1.00. The van der Waals surface area contributed by atoms with Crippen molar-refractivity contribution in [3.8, 4) is 5.75 Å². The molecule has 4 heteroatoms. The van der Waals surface area contributed by atoms with Gasteiger partial charge in [-0.15, -0.1) is 0 Å². The summed E-state index contributed by atoms with van der Waals surface area (Å²) in [4.78, 5) is 3.30. The first-order valence-electron chi connectivity index (χ1n) is 4.72. The highest BCUT2D eigenvalue weighted by Gasteiger charge is 2.13. The first-order valence-corrected chi connectivity index (χ1v) is 5.52. The van der Waals surface area contributed by atoms with Gasteiger partial charge in [0, 0.05) is 23.1 Å². The second-order valence-electron chi connectivity index (χ2n) is 3.44. The topological polar surface area (TPSA) is 51.0 Å². The van der Waals surface area contributed by atoms with E-state index >= 15 is 0 Å². The molecule has 2 aromatic rings. The minimum absolute atomic E-state index is 0.513.